The van der Waals surface area contributed by atoms with Crippen LogP contribution in [0.2, 0.25) is 0 Å². The van der Waals surface area contributed by atoms with Crippen LogP contribution in [0.4, 0.5) is 0 Å². The Hall–Kier alpha value is -1.80. The van der Waals surface area contributed by atoms with Crippen molar-refractivity contribution in [1.29, 1.82) is 0 Å². The SMILES string of the molecule is CC(C)(C)NCCc1ccccc1Oc1ccccc1. The first kappa shape index (κ1) is 14.6. The van der Waals surface area contributed by atoms with Crippen molar-refractivity contribution in [3.63, 3.8) is 0 Å². The van der Waals surface area contributed by atoms with Gasteiger partial charge in [-0.3, -0.25) is 0 Å². The standard InChI is InChI=1S/C18H23NO/c1-18(2,3)19-14-13-15-9-7-8-12-17(15)20-16-10-5-4-6-11-16/h4-12,19H,13-14H2,1-3H3. The Labute approximate surface area is 121 Å². The van der Waals surface area contributed by atoms with E-state index in [1.807, 2.05) is 42.5 Å². The molecule has 0 saturated carbocycles. The van der Waals surface area contributed by atoms with Crippen molar-refractivity contribution in [2.75, 3.05) is 6.54 Å². The Balaban J connectivity index is 2.03. The molecular weight excluding hydrogens is 246 g/mol. The van der Waals surface area contributed by atoms with Gasteiger partial charge in [0.15, 0.2) is 0 Å². The summed E-state index contributed by atoms with van der Waals surface area (Å²) in [6, 6.07) is 18.1. The maximum Gasteiger partial charge on any atom is 0.130 e. The number of rotatable bonds is 5. The quantitative estimate of drug-likeness (QED) is 0.868. The second-order valence-corrected chi connectivity index (χ2v) is 5.95. The highest BCUT2D eigenvalue weighted by Crippen LogP contribution is 2.25. The van der Waals surface area contributed by atoms with Gasteiger partial charge >= 0.3 is 0 Å². The summed E-state index contributed by atoms with van der Waals surface area (Å²) in [5.74, 6) is 1.82. The summed E-state index contributed by atoms with van der Waals surface area (Å²) in [7, 11) is 0. The monoisotopic (exact) mass is 269 g/mol. The van der Waals surface area contributed by atoms with Crippen LogP contribution in [0.5, 0.6) is 11.5 Å². The van der Waals surface area contributed by atoms with Gasteiger partial charge in [0.05, 0.1) is 0 Å². The van der Waals surface area contributed by atoms with Crippen LogP contribution in [-0.4, -0.2) is 12.1 Å². The number of nitrogens with one attached hydrogen (secondary N) is 1. The molecule has 2 aromatic carbocycles. The number of para-hydroxylation sites is 2. The Bertz CT molecular complexity index is 529. The van der Waals surface area contributed by atoms with E-state index in [1.54, 1.807) is 0 Å². The van der Waals surface area contributed by atoms with Crippen molar-refractivity contribution in [1.82, 2.24) is 5.32 Å². The molecule has 0 radical (unpaired) electrons. The maximum atomic E-state index is 5.96. The minimum Gasteiger partial charge on any atom is -0.457 e. The molecule has 0 spiro atoms. The molecule has 2 nitrogen and oxygen atoms in total. The molecule has 0 aliphatic heterocycles. The highest BCUT2D eigenvalue weighted by atomic mass is 16.5. The van der Waals surface area contributed by atoms with Gasteiger partial charge in [-0.05, 0) is 57.5 Å². The van der Waals surface area contributed by atoms with Crippen LogP contribution in [0.25, 0.3) is 0 Å². The van der Waals surface area contributed by atoms with Crippen LogP contribution in [0, 0.1) is 0 Å². The number of ether oxygens (including phenoxy) is 1. The van der Waals surface area contributed by atoms with Gasteiger partial charge in [0.2, 0.25) is 0 Å². The number of hydrogen-bond donors (Lipinski definition) is 1. The lowest BCUT2D eigenvalue weighted by Gasteiger charge is -2.21. The average Bonchev–Trinajstić information content (AvgIpc) is 2.40. The van der Waals surface area contributed by atoms with Gasteiger partial charge in [-0.2, -0.15) is 0 Å². The summed E-state index contributed by atoms with van der Waals surface area (Å²) >= 11 is 0. The van der Waals surface area contributed by atoms with Crippen LogP contribution in [-0.2, 0) is 6.42 Å². The van der Waals surface area contributed by atoms with E-state index in [2.05, 4.69) is 38.2 Å². The van der Waals surface area contributed by atoms with E-state index < -0.39 is 0 Å². The van der Waals surface area contributed by atoms with E-state index in [1.165, 1.54) is 5.56 Å². The smallest absolute Gasteiger partial charge is 0.130 e. The fourth-order valence-corrected chi connectivity index (χ4v) is 2.00. The van der Waals surface area contributed by atoms with Crippen LogP contribution >= 0.6 is 0 Å². The molecule has 2 heteroatoms. The fraction of sp³-hybridized carbons (Fsp3) is 0.333. The van der Waals surface area contributed by atoms with Crippen molar-refractivity contribution in [3.05, 3.63) is 60.2 Å². The van der Waals surface area contributed by atoms with E-state index in [9.17, 15) is 0 Å². The minimum atomic E-state index is 0.148. The van der Waals surface area contributed by atoms with E-state index in [4.69, 9.17) is 4.74 Å². The first-order chi connectivity index (χ1) is 9.54. The normalized spacial score (nSPS) is 11.3. The maximum absolute atomic E-state index is 5.96. The van der Waals surface area contributed by atoms with Crippen LogP contribution in [0.1, 0.15) is 26.3 Å². The summed E-state index contributed by atoms with van der Waals surface area (Å²) in [5, 5.41) is 3.51. The lowest BCUT2D eigenvalue weighted by atomic mass is 10.1. The average molecular weight is 269 g/mol. The van der Waals surface area contributed by atoms with E-state index in [0.717, 1.165) is 24.5 Å². The highest BCUT2D eigenvalue weighted by Gasteiger charge is 2.09. The van der Waals surface area contributed by atoms with Crippen molar-refractivity contribution < 1.29 is 4.74 Å². The summed E-state index contributed by atoms with van der Waals surface area (Å²) < 4.78 is 5.96. The van der Waals surface area contributed by atoms with Crippen molar-refractivity contribution in [3.8, 4) is 11.5 Å². The van der Waals surface area contributed by atoms with Crippen LogP contribution < -0.4 is 10.1 Å². The topological polar surface area (TPSA) is 21.3 Å². The molecule has 0 aliphatic rings. The number of benzene rings is 2. The molecule has 0 bridgehead atoms. The predicted molar refractivity (Wildman–Crippen MR) is 84.4 cm³/mol. The third-order valence-electron chi connectivity index (χ3n) is 2.99. The second kappa shape index (κ2) is 6.58. The second-order valence-electron chi connectivity index (χ2n) is 5.95. The lowest BCUT2D eigenvalue weighted by Crippen LogP contribution is -2.37. The van der Waals surface area contributed by atoms with Gasteiger partial charge in [-0.25, -0.2) is 0 Å². The summed E-state index contributed by atoms with van der Waals surface area (Å²) in [6.07, 6.45) is 0.959. The van der Waals surface area contributed by atoms with Gasteiger partial charge in [-0.1, -0.05) is 36.4 Å². The minimum absolute atomic E-state index is 0.148. The molecule has 0 fully saturated rings. The van der Waals surface area contributed by atoms with Crippen molar-refractivity contribution in [2.24, 2.45) is 0 Å². The molecule has 0 amide bonds. The molecule has 0 heterocycles. The third kappa shape index (κ3) is 4.71. The summed E-state index contributed by atoms with van der Waals surface area (Å²) in [6.45, 7) is 7.48. The summed E-state index contributed by atoms with van der Waals surface area (Å²) in [5.41, 5.74) is 1.38. The van der Waals surface area contributed by atoms with E-state index in [-0.39, 0.29) is 5.54 Å². The molecule has 2 rings (SSSR count). The molecule has 0 unspecified atom stereocenters. The van der Waals surface area contributed by atoms with Crippen LogP contribution in [0.3, 0.4) is 0 Å². The van der Waals surface area contributed by atoms with Gasteiger partial charge in [-0.15, -0.1) is 0 Å². The first-order valence-corrected chi connectivity index (χ1v) is 7.10. The van der Waals surface area contributed by atoms with Gasteiger partial charge in [0.1, 0.15) is 11.5 Å². The lowest BCUT2D eigenvalue weighted by molar-refractivity contribution is 0.425. The third-order valence-corrected chi connectivity index (χ3v) is 2.99. The fourth-order valence-electron chi connectivity index (χ4n) is 2.00. The van der Waals surface area contributed by atoms with Gasteiger partial charge < -0.3 is 10.1 Å². The largest absolute Gasteiger partial charge is 0.457 e. The molecule has 1 N–H and O–H groups in total. The predicted octanol–water partition coefficient (Wildman–Crippen LogP) is 4.41. The molecule has 0 atom stereocenters. The van der Waals surface area contributed by atoms with Crippen molar-refractivity contribution in [2.45, 2.75) is 32.7 Å². The van der Waals surface area contributed by atoms with Gasteiger partial charge in [0.25, 0.3) is 0 Å². The Morgan fingerprint density at radius 1 is 0.900 bits per heavy atom. The summed E-state index contributed by atoms with van der Waals surface area (Å²) in [4.78, 5) is 0. The molecule has 106 valence electrons. The molecule has 0 aromatic heterocycles. The van der Waals surface area contributed by atoms with Crippen LogP contribution in [0.15, 0.2) is 54.6 Å². The molecular formula is C18H23NO. The molecule has 20 heavy (non-hydrogen) atoms. The Morgan fingerprint density at radius 3 is 2.25 bits per heavy atom. The highest BCUT2D eigenvalue weighted by molar-refractivity contribution is 5.37. The zero-order chi connectivity index (χ0) is 14.4. The van der Waals surface area contributed by atoms with E-state index in [0.29, 0.717) is 0 Å². The zero-order valence-electron chi connectivity index (χ0n) is 12.5. The molecule has 0 aliphatic carbocycles. The first-order valence-electron chi connectivity index (χ1n) is 7.10. The number of hydrogen-bond acceptors (Lipinski definition) is 2. The molecule has 0 saturated heterocycles. The Kier molecular flexibility index (Phi) is 4.80. The van der Waals surface area contributed by atoms with Gasteiger partial charge in [0, 0.05) is 5.54 Å². The van der Waals surface area contributed by atoms with Crippen molar-refractivity contribution >= 4 is 0 Å². The zero-order valence-corrected chi connectivity index (χ0v) is 12.5. The molecule has 2 aromatic rings. The van der Waals surface area contributed by atoms with E-state index >= 15 is 0 Å². The Morgan fingerprint density at radius 2 is 1.55 bits per heavy atom.